The molecule has 0 amide bonds. The van der Waals surface area contributed by atoms with Gasteiger partial charge in [0, 0.05) is 24.4 Å². The number of hydrogen-bond acceptors (Lipinski definition) is 4. The molecule has 0 fully saturated rings. The third-order valence-electron chi connectivity index (χ3n) is 3.12. The summed E-state index contributed by atoms with van der Waals surface area (Å²) < 4.78 is 39.2. The molecule has 0 saturated heterocycles. The Bertz CT molecular complexity index is 854. The standard InChI is InChI=1S/C12H9ClF3N5O/c1-20-11(7-3-17-21(4-7)12(14,15)16)10-9(19-20)6(5-22)2-8(13)18-10/h2-4,22H,5H2,1H3. The van der Waals surface area contributed by atoms with E-state index in [9.17, 15) is 18.3 Å². The highest BCUT2D eigenvalue weighted by Gasteiger charge is 2.32. The van der Waals surface area contributed by atoms with Crippen LogP contribution in [0.5, 0.6) is 0 Å². The van der Waals surface area contributed by atoms with Gasteiger partial charge in [-0.05, 0) is 6.07 Å². The van der Waals surface area contributed by atoms with E-state index in [-0.39, 0.29) is 22.0 Å². The topological polar surface area (TPSA) is 68.8 Å². The third-order valence-corrected chi connectivity index (χ3v) is 3.32. The van der Waals surface area contributed by atoms with Crippen molar-refractivity contribution in [1.82, 2.24) is 24.5 Å². The lowest BCUT2D eigenvalue weighted by Crippen LogP contribution is -2.16. The summed E-state index contributed by atoms with van der Waals surface area (Å²) in [4.78, 5) is 4.11. The fraction of sp³-hybridized carbons (Fsp3) is 0.250. The molecular formula is C12H9ClF3N5O. The Kier molecular flexibility index (Phi) is 3.33. The Morgan fingerprint density at radius 1 is 1.32 bits per heavy atom. The molecule has 3 aromatic heterocycles. The molecule has 3 heterocycles. The zero-order chi connectivity index (χ0) is 16.1. The zero-order valence-electron chi connectivity index (χ0n) is 11.1. The Hall–Kier alpha value is -2.13. The van der Waals surface area contributed by atoms with E-state index in [1.807, 2.05) is 0 Å². The molecule has 0 aromatic carbocycles. The van der Waals surface area contributed by atoms with Crippen molar-refractivity contribution in [3.63, 3.8) is 0 Å². The van der Waals surface area contributed by atoms with Crippen molar-refractivity contribution < 1.29 is 18.3 Å². The van der Waals surface area contributed by atoms with Gasteiger partial charge in [0.05, 0.1) is 18.5 Å². The van der Waals surface area contributed by atoms with Gasteiger partial charge in [-0.25, -0.2) is 4.98 Å². The van der Waals surface area contributed by atoms with Crippen LogP contribution >= 0.6 is 11.6 Å². The molecule has 0 bridgehead atoms. The van der Waals surface area contributed by atoms with Crippen LogP contribution in [0.4, 0.5) is 13.2 Å². The first-order chi connectivity index (χ1) is 10.3. The lowest BCUT2D eigenvalue weighted by atomic mass is 10.1. The second-order valence-corrected chi connectivity index (χ2v) is 4.96. The molecule has 3 rings (SSSR count). The van der Waals surface area contributed by atoms with Crippen LogP contribution in [0.25, 0.3) is 22.3 Å². The van der Waals surface area contributed by atoms with Gasteiger partial charge in [0.25, 0.3) is 0 Å². The van der Waals surface area contributed by atoms with Crippen LogP contribution in [0, 0.1) is 0 Å². The quantitative estimate of drug-likeness (QED) is 0.732. The van der Waals surface area contributed by atoms with Gasteiger partial charge in [-0.1, -0.05) is 11.6 Å². The highest BCUT2D eigenvalue weighted by Crippen LogP contribution is 2.31. The van der Waals surface area contributed by atoms with Crippen molar-refractivity contribution in [1.29, 1.82) is 0 Å². The molecule has 0 spiro atoms. The summed E-state index contributed by atoms with van der Waals surface area (Å²) in [6.45, 7) is -0.309. The second kappa shape index (κ2) is 4.96. The average Bonchev–Trinajstić information content (AvgIpc) is 3.01. The SMILES string of the molecule is Cn1nc2c(CO)cc(Cl)nc2c1-c1cnn(C(F)(F)F)c1. The molecule has 1 N–H and O–H groups in total. The number of rotatable bonds is 2. The first-order valence-electron chi connectivity index (χ1n) is 6.06. The molecule has 6 nitrogen and oxygen atoms in total. The van der Waals surface area contributed by atoms with E-state index in [0.29, 0.717) is 22.3 Å². The van der Waals surface area contributed by atoms with E-state index in [1.54, 1.807) is 7.05 Å². The van der Waals surface area contributed by atoms with Crippen molar-refractivity contribution >= 4 is 22.6 Å². The Labute approximate surface area is 126 Å². The smallest absolute Gasteiger partial charge is 0.392 e. The second-order valence-electron chi connectivity index (χ2n) is 4.57. The number of aliphatic hydroxyl groups is 1. The van der Waals surface area contributed by atoms with Gasteiger partial charge in [0.15, 0.2) is 0 Å². The van der Waals surface area contributed by atoms with Crippen LogP contribution in [-0.2, 0) is 20.0 Å². The molecule has 10 heteroatoms. The van der Waals surface area contributed by atoms with Crippen LogP contribution in [0.15, 0.2) is 18.5 Å². The minimum atomic E-state index is -4.60. The summed E-state index contributed by atoms with van der Waals surface area (Å²) in [5, 5.41) is 16.9. The number of fused-ring (bicyclic) bond motifs is 1. The number of alkyl halides is 3. The van der Waals surface area contributed by atoms with Crippen molar-refractivity contribution in [2.24, 2.45) is 7.05 Å². The van der Waals surface area contributed by atoms with Crippen LogP contribution in [0.3, 0.4) is 0 Å². The minimum absolute atomic E-state index is 0.0985. The molecule has 116 valence electrons. The van der Waals surface area contributed by atoms with Gasteiger partial charge < -0.3 is 5.11 Å². The molecule has 0 saturated carbocycles. The third kappa shape index (κ3) is 2.32. The number of hydrogen-bond donors (Lipinski definition) is 1. The van der Waals surface area contributed by atoms with Crippen LogP contribution in [0.2, 0.25) is 5.15 Å². The predicted octanol–water partition coefficient (Wildman–Crippen LogP) is 2.45. The normalized spacial score (nSPS) is 12.3. The number of pyridine rings is 1. The molecule has 22 heavy (non-hydrogen) atoms. The lowest BCUT2D eigenvalue weighted by Gasteiger charge is -2.04. The van der Waals surface area contributed by atoms with Crippen molar-refractivity contribution in [2.75, 3.05) is 0 Å². The fourth-order valence-corrected chi connectivity index (χ4v) is 2.43. The molecule has 0 aliphatic rings. The number of aliphatic hydroxyl groups excluding tert-OH is 1. The van der Waals surface area contributed by atoms with Gasteiger partial charge in [-0.2, -0.15) is 14.9 Å². The van der Waals surface area contributed by atoms with E-state index < -0.39 is 6.30 Å². The maximum absolute atomic E-state index is 12.6. The van der Waals surface area contributed by atoms with E-state index in [2.05, 4.69) is 15.2 Å². The summed E-state index contributed by atoms with van der Waals surface area (Å²) in [6.07, 6.45) is -2.68. The van der Waals surface area contributed by atoms with Crippen LogP contribution in [0.1, 0.15) is 5.56 Å². The number of aryl methyl sites for hydroxylation is 1. The monoisotopic (exact) mass is 331 g/mol. The predicted molar refractivity (Wildman–Crippen MR) is 72.0 cm³/mol. The van der Waals surface area contributed by atoms with E-state index in [1.165, 1.54) is 10.7 Å². The van der Waals surface area contributed by atoms with E-state index in [0.717, 1.165) is 12.4 Å². The van der Waals surface area contributed by atoms with E-state index in [4.69, 9.17) is 11.6 Å². The molecule has 0 radical (unpaired) electrons. The van der Waals surface area contributed by atoms with E-state index >= 15 is 0 Å². The summed E-state index contributed by atoms with van der Waals surface area (Å²) in [5.41, 5.74) is 1.66. The number of nitrogens with zero attached hydrogens (tertiary/aromatic N) is 5. The summed E-state index contributed by atoms with van der Waals surface area (Å²) in [6, 6.07) is 1.46. The molecule has 0 aliphatic carbocycles. The van der Waals surface area contributed by atoms with Crippen molar-refractivity contribution in [2.45, 2.75) is 12.9 Å². The van der Waals surface area contributed by atoms with Gasteiger partial charge in [0.1, 0.15) is 16.2 Å². The molecule has 0 unspecified atom stereocenters. The highest BCUT2D eigenvalue weighted by molar-refractivity contribution is 6.30. The Morgan fingerprint density at radius 3 is 2.64 bits per heavy atom. The Morgan fingerprint density at radius 2 is 2.05 bits per heavy atom. The summed E-state index contributed by atoms with van der Waals surface area (Å²) >= 11 is 5.89. The van der Waals surface area contributed by atoms with Crippen molar-refractivity contribution in [3.05, 3.63) is 29.2 Å². The maximum atomic E-state index is 12.6. The summed E-state index contributed by atoms with van der Waals surface area (Å²) in [5.74, 6) is 0. The van der Waals surface area contributed by atoms with Crippen LogP contribution in [-0.4, -0.2) is 29.7 Å². The highest BCUT2D eigenvalue weighted by atomic mass is 35.5. The van der Waals surface area contributed by atoms with Crippen molar-refractivity contribution in [3.8, 4) is 11.3 Å². The largest absolute Gasteiger partial charge is 0.504 e. The van der Waals surface area contributed by atoms with Gasteiger partial charge >= 0.3 is 6.30 Å². The number of aromatic nitrogens is 5. The van der Waals surface area contributed by atoms with Gasteiger partial charge in [-0.3, -0.25) is 4.68 Å². The molecule has 0 aliphatic heterocycles. The molecule has 0 atom stereocenters. The Balaban J connectivity index is 2.25. The average molecular weight is 332 g/mol. The minimum Gasteiger partial charge on any atom is -0.392 e. The zero-order valence-corrected chi connectivity index (χ0v) is 11.9. The van der Waals surface area contributed by atoms with Crippen LogP contribution < -0.4 is 0 Å². The first kappa shape index (κ1) is 14.8. The fourth-order valence-electron chi connectivity index (χ4n) is 2.21. The lowest BCUT2D eigenvalue weighted by molar-refractivity contribution is -0.212. The molecule has 3 aromatic rings. The van der Waals surface area contributed by atoms with Gasteiger partial charge in [-0.15, -0.1) is 13.2 Å². The van der Waals surface area contributed by atoms with Gasteiger partial charge in [0.2, 0.25) is 0 Å². The number of halogens is 4. The first-order valence-corrected chi connectivity index (χ1v) is 6.44. The maximum Gasteiger partial charge on any atom is 0.504 e. The molecular weight excluding hydrogens is 323 g/mol. The summed E-state index contributed by atoms with van der Waals surface area (Å²) in [7, 11) is 1.57.